The van der Waals surface area contributed by atoms with Crippen LogP contribution >= 0.6 is 24.0 Å². The lowest BCUT2D eigenvalue weighted by Crippen LogP contribution is -2.36. The minimum absolute atomic E-state index is 0. The molecule has 8 aromatic rings. The number of nitrogens with zero attached hydrogens (tertiary/aromatic N) is 14. The molecule has 0 spiro atoms. The van der Waals surface area contributed by atoms with E-state index >= 15 is 0 Å². The van der Waals surface area contributed by atoms with Gasteiger partial charge < -0.3 is 20.9 Å². The zero-order chi connectivity index (χ0) is 49.8. The summed E-state index contributed by atoms with van der Waals surface area (Å²) in [6.45, 7) is 11.2. The topological polar surface area (TPSA) is 222 Å². The molecule has 10 heterocycles. The van der Waals surface area contributed by atoms with Crippen LogP contribution in [-0.2, 0) is 23.7 Å². The van der Waals surface area contributed by atoms with Crippen molar-refractivity contribution in [3.05, 3.63) is 109 Å². The third kappa shape index (κ3) is 10.2. The van der Waals surface area contributed by atoms with Crippen LogP contribution in [0.15, 0.2) is 98.4 Å². The van der Waals surface area contributed by atoms with E-state index in [4.69, 9.17) is 27.3 Å². The van der Waals surface area contributed by atoms with Crippen molar-refractivity contribution in [3.8, 4) is 56.6 Å². The largest absolute Gasteiger partial charge is 0.356 e. The van der Waals surface area contributed by atoms with Crippen molar-refractivity contribution in [2.75, 3.05) is 36.0 Å². The first-order valence-corrected chi connectivity index (χ1v) is 24.1. The highest BCUT2D eigenvalue weighted by Gasteiger charge is 2.57. The van der Waals surface area contributed by atoms with Gasteiger partial charge in [-0.3, -0.25) is 19.0 Å². The zero-order valence-corrected chi connectivity index (χ0v) is 42.2. The Hall–Kier alpha value is -7.64. The maximum Gasteiger partial charge on any atom is 0.224 e. The smallest absolute Gasteiger partial charge is 0.224 e. The number of pyridine rings is 4. The first kappa shape index (κ1) is 51.7. The number of piperidine rings is 2. The van der Waals surface area contributed by atoms with Gasteiger partial charge >= 0.3 is 0 Å². The third-order valence-electron chi connectivity index (χ3n) is 14.0. The van der Waals surface area contributed by atoms with Gasteiger partial charge in [-0.25, -0.2) is 19.0 Å². The Bertz CT molecular complexity index is 3370. The van der Waals surface area contributed by atoms with Gasteiger partial charge in [-0.2, -0.15) is 30.9 Å². The lowest BCUT2D eigenvalue weighted by atomic mass is 10.0. The molecular weight excluding hydrogens is 964 g/mol. The number of carbonyl (C=O) groups is 2. The van der Waals surface area contributed by atoms with Gasteiger partial charge in [0.25, 0.3) is 0 Å². The highest BCUT2D eigenvalue weighted by molar-refractivity contribution is 6.63. The molecule has 2 unspecified atom stereocenters. The van der Waals surface area contributed by atoms with Gasteiger partial charge in [-0.1, -0.05) is 35.1 Å². The van der Waals surface area contributed by atoms with Crippen molar-refractivity contribution >= 4 is 57.8 Å². The fourth-order valence-electron chi connectivity index (χ4n) is 9.79. The van der Waals surface area contributed by atoms with Crippen molar-refractivity contribution in [1.82, 2.24) is 54.1 Å². The summed E-state index contributed by atoms with van der Waals surface area (Å²) in [4.78, 5) is 36.0. The molecule has 2 aliphatic heterocycles. The predicted molar refractivity (Wildman–Crippen MR) is 283 cm³/mol. The minimum atomic E-state index is -0.269. The maximum absolute atomic E-state index is 12.0. The minimum Gasteiger partial charge on any atom is -0.356 e. The molecule has 8 aromatic heterocycles. The van der Waals surface area contributed by atoms with E-state index in [1.807, 2.05) is 83.6 Å². The first-order valence-electron chi connectivity index (χ1n) is 23.7. The van der Waals surface area contributed by atoms with E-state index in [9.17, 15) is 20.1 Å². The summed E-state index contributed by atoms with van der Waals surface area (Å²) in [7, 11) is 3.78. The molecule has 6 atom stereocenters. The van der Waals surface area contributed by atoms with Crippen LogP contribution in [0, 0.1) is 58.2 Å². The molecule has 0 aromatic carbocycles. The van der Waals surface area contributed by atoms with Crippen LogP contribution in [0.3, 0.4) is 0 Å². The van der Waals surface area contributed by atoms with E-state index < -0.39 is 0 Å². The second kappa shape index (κ2) is 20.8. The Morgan fingerprint density at radius 3 is 1.40 bits per heavy atom. The highest BCUT2D eigenvalue weighted by Crippen LogP contribution is 2.47. The Kier molecular flexibility index (Phi) is 14.8. The number of halogens is 2. The second-order valence-electron chi connectivity index (χ2n) is 19.5. The number of amides is 1. The van der Waals surface area contributed by atoms with E-state index in [0.29, 0.717) is 46.9 Å². The van der Waals surface area contributed by atoms with Gasteiger partial charge in [0, 0.05) is 158 Å². The number of hydrogen-bond donors (Lipinski definition) is 2. The molecule has 376 valence electrons. The highest BCUT2D eigenvalue weighted by atomic mass is 35.5. The molecule has 2 saturated carbocycles. The fourth-order valence-corrected chi connectivity index (χ4v) is 9.79. The lowest BCUT2D eigenvalue weighted by Gasteiger charge is -2.22. The molecule has 1 amide bonds. The van der Waals surface area contributed by atoms with E-state index in [2.05, 4.69) is 78.0 Å². The number of hydrogen-bond acceptors (Lipinski definition) is 13. The van der Waals surface area contributed by atoms with Gasteiger partial charge in [-0.15, -0.1) is 12.4 Å². The van der Waals surface area contributed by atoms with Gasteiger partial charge in [0.05, 0.1) is 46.9 Å². The van der Waals surface area contributed by atoms with Crippen molar-refractivity contribution in [2.45, 2.75) is 47.2 Å². The fraction of sp³-hybridized carbons (Fsp3) is 0.358. The number of nitrogens with one attached hydrogen (secondary N) is 1. The summed E-state index contributed by atoms with van der Waals surface area (Å²) >= 11 is 4.97. The van der Waals surface area contributed by atoms with E-state index in [1.165, 1.54) is 0 Å². The van der Waals surface area contributed by atoms with Crippen LogP contribution in [0.1, 0.15) is 46.2 Å². The molecule has 12 rings (SSSR count). The summed E-state index contributed by atoms with van der Waals surface area (Å²) in [5, 5.41) is 39.5. The van der Waals surface area contributed by atoms with E-state index in [0.717, 1.165) is 93.4 Å². The van der Waals surface area contributed by atoms with Crippen molar-refractivity contribution in [1.29, 1.82) is 10.5 Å². The number of carbonyl (C=O) groups excluding carboxylic acids is 2. The SMILES string of the molecule is C.CC(C)C(=O)Cl.CC(C)C(=O)NC1[C@H]2CN(c3ccc(-c4cc(-c5cnn(C)c5)cn5ncc(C#N)c45)cn3)C[C@@H]12.Cl.Cn1cc(-c2cc(-c3ccc(N4C[C@@H]5C(N)[C@@H]5C4)nc3)c3c(C#N)cnn3c2)cn1. The third-order valence-corrected chi connectivity index (χ3v) is 14.5. The zero-order valence-electron chi connectivity index (χ0n) is 40.6. The van der Waals surface area contributed by atoms with Gasteiger partial charge in [0.15, 0.2) is 0 Å². The van der Waals surface area contributed by atoms with Gasteiger partial charge in [0.2, 0.25) is 11.1 Å². The van der Waals surface area contributed by atoms with Crippen LogP contribution in [-0.4, -0.2) is 98.2 Å². The van der Waals surface area contributed by atoms with Crippen LogP contribution in [0.5, 0.6) is 0 Å². The number of nitriles is 2. The quantitative estimate of drug-likeness (QED) is 0.135. The van der Waals surface area contributed by atoms with Crippen molar-refractivity contribution in [3.63, 3.8) is 0 Å². The molecule has 2 aliphatic carbocycles. The molecule has 2 saturated heterocycles. The Balaban J connectivity index is 0.000000173. The Morgan fingerprint density at radius 1 is 0.630 bits per heavy atom. The maximum atomic E-state index is 12.0. The second-order valence-corrected chi connectivity index (χ2v) is 19.9. The molecule has 4 fully saturated rings. The molecular formula is C53H58Cl2N16O2. The molecule has 0 bridgehead atoms. The van der Waals surface area contributed by atoms with Crippen LogP contribution in [0.2, 0.25) is 0 Å². The van der Waals surface area contributed by atoms with Gasteiger partial charge in [0.1, 0.15) is 23.8 Å². The van der Waals surface area contributed by atoms with Crippen LogP contribution in [0.4, 0.5) is 11.6 Å². The Morgan fingerprint density at radius 2 is 1.05 bits per heavy atom. The normalized spacial score (nSPS) is 19.9. The average Bonchev–Trinajstić information content (AvgIpc) is 4.01. The van der Waals surface area contributed by atoms with Crippen LogP contribution < -0.4 is 20.9 Å². The summed E-state index contributed by atoms with van der Waals surface area (Å²) in [6.07, 6.45) is 18.4. The molecule has 4 aliphatic rings. The predicted octanol–water partition coefficient (Wildman–Crippen LogP) is 7.40. The van der Waals surface area contributed by atoms with E-state index in [1.54, 1.807) is 44.6 Å². The lowest BCUT2D eigenvalue weighted by molar-refractivity contribution is -0.124. The first-order chi connectivity index (χ1) is 34.2. The molecule has 0 radical (unpaired) electrons. The molecule has 3 N–H and O–H groups in total. The summed E-state index contributed by atoms with van der Waals surface area (Å²) in [5.41, 5.74) is 16.3. The number of nitrogens with two attached hydrogens (primary N) is 1. The van der Waals surface area contributed by atoms with Gasteiger partial charge in [-0.05, 0) is 59.8 Å². The number of aromatic nitrogens is 10. The molecule has 20 heteroatoms. The Labute approximate surface area is 434 Å². The van der Waals surface area contributed by atoms with Crippen LogP contribution in [0.25, 0.3) is 55.5 Å². The number of rotatable bonds is 9. The van der Waals surface area contributed by atoms with Crippen molar-refractivity contribution in [2.24, 2.45) is 55.3 Å². The summed E-state index contributed by atoms with van der Waals surface area (Å²) < 4.78 is 7.05. The monoisotopic (exact) mass is 1020 g/mol. The summed E-state index contributed by atoms with van der Waals surface area (Å²) in [6, 6.07) is 17.6. The van der Waals surface area contributed by atoms with E-state index in [-0.39, 0.29) is 42.8 Å². The molecule has 73 heavy (non-hydrogen) atoms. The molecule has 18 nitrogen and oxygen atoms in total. The standard InChI is InChI=1S/C26H26N8O.C22H20N8.C4H7ClO.CH4.ClH/c1-15(2)26(35)31-24-21-13-33(14-22(21)24)23-5-4-16(8-28-23)20-6-17(19-10-29-32(3)11-19)12-34-25(20)18(7-27)9-30-34;1-28-9-16(8-26-28)14-4-17(22-15(5-23)7-27-30(22)10-14)13-2-3-20(25-6-13)29-11-18-19(12-29)21(18)24;1-3(2)4(5)6;;/h4-6,8-12,15,21-22,24H,13-14H2,1-3H3,(H,31,35);2-4,6-10,18-19,21H,11-12,24H2,1H3;3H,1-2H3;1H4;1H/t21-,22+,24?;18-,19+,21?;;;. The average molecular weight is 1020 g/mol. The number of aryl methyl sites for hydroxylation is 2. The number of fused-ring (bicyclic) bond motifs is 4. The van der Waals surface area contributed by atoms with Crippen molar-refractivity contribution < 1.29 is 9.59 Å². The number of anilines is 2. The summed E-state index contributed by atoms with van der Waals surface area (Å²) in [5.74, 6) is 4.28.